The van der Waals surface area contributed by atoms with Crippen molar-refractivity contribution in [3.8, 4) is 5.75 Å². The number of ether oxygens (including phenoxy) is 2. The summed E-state index contributed by atoms with van der Waals surface area (Å²) >= 11 is 0. The quantitative estimate of drug-likeness (QED) is 0.823. The van der Waals surface area contributed by atoms with Gasteiger partial charge < -0.3 is 15.2 Å². The van der Waals surface area contributed by atoms with E-state index in [9.17, 15) is 8.42 Å². The lowest BCUT2D eigenvalue weighted by molar-refractivity contribution is 0.115. The molecule has 0 amide bonds. The molecule has 1 aromatic rings. The number of methoxy groups -OCH3 is 1. The molecule has 0 radical (unpaired) electrons. The van der Waals surface area contributed by atoms with Crippen LogP contribution in [0.2, 0.25) is 0 Å². The lowest BCUT2D eigenvalue weighted by Gasteiger charge is -2.19. The summed E-state index contributed by atoms with van der Waals surface area (Å²) < 4.78 is 37.4. The van der Waals surface area contributed by atoms with Gasteiger partial charge in [0.2, 0.25) is 10.0 Å². The van der Waals surface area contributed by atoms with Crippen molar-refractivity contribution >= 4 is 15.7 Å². The van der Waals surface area contributed by atoms with Gasteiger partial charge in [0.05, 0.1) is 12.7 Å². The molecule has 1 heterocycles. The summed E-state index contributed by atoms with van der Waals surface area (Å²) in [5.74, 6) is 0.336. The lowest BCUT2D eigenvalue weighted by atomic mass is 10.3. The van der Waals surface area contributed by atoms with Gasteiger partial charge in [-0.3, -0.25) is 0 Å². The highest BCUT2D eigenvalue weighted by molar-refractivity contribution is 7.89. The Kier molecular flexibility index (Phi) is 4.52. The fourth-order valence-electron chi connectivity index (χ4n) is 2.25. The van der Waals surface area contributed by atoms with Crippen LogP contribution in [0.3, 0.4) is 0 Å². The van der Waals surface area contributed by atoms with E-state index in [2.05, 4.69) is 0 Å². The van der Waals surface area contributed by atoms with Crippen molar-refractivity contribution in [2.45, 2.75) is 24.3 Å². The van der Waals surface area contributed by atoms with Crippen LogP contribution in [0.25, 0.3) is 0 Å². The van der Waals surface area contributed by atoms with Crippen molar-refractivity contribution in [2.24, 2.45) is 0 Å². The Morgan fingerprint density at radius 3 is 2.80 bits per heavy atom. The van der Waals surface area contributed by atoms with E-state index in [0.29, 0.717) is 37.6 Å². The molecule has 1 aliphatic rings. The molecule has 2 rings (SSSR count). The Morgan fingerprint density at radius 1 is 1.45 bits per heavy atom. The van der Waals surface area contributed by atoms with E-state index in [0.717, 1.165) is 0 Å². The predicted molar refractivity (Wildman–Crippen MR) is 76.2 cm³/mol. The summed E-state index contributed by atoms with van der Waals surface area (Å²) in [6, 6.07) is 4.67. The second kappa shape index (κ2) is 5.99. The van der Waals surface area contributed by atoms with E-state index >= 15 is 0 Å². The first-order chi connectivity index (χ1) is 9.48. The molecule has 2 N–H and O–H groups in total. The van der Waals surface area contributed by atoms with Gasteiger partial charge in [0.15, 0.2) is 0 Å². The summed E-state index contributed by atoms with van der Waals surface area (Å²) in [5.41, 5.74) is 6.11. The average Bonchev–Trinajstić information content (AvgIpc) is 2.90. The fourth-order valence-corrected chi connectivity index (χ4v) is 3.90. The number of nitrogens with two attached hydrogens (primary N) is 1. The van der Waals surface area contributed by atoms with Crippen molar-refractivity contribution in [1.29, 1.82) is 0 Å². The predicted octanol–water partition coefficient (Wildman–Crippen LogP) is 1.08. The van der Waals surface area contributed by atoms with Crippen LogP contribution in [-0.2, 0) is 14.8 Å². The van der Waals surface area contributed by atoms with Crippen LogP contribution in [0.1, 0.15) is 13.3 Å². The van der Waals surface area contributed by atoms with Crippen molar-refractivity contribution in [1.82, 2.24) is 4.31 Å². The van der Waals surface area contributed by atoms with E-state index in [1.807, 2.05) is 6.92 Å². The van der Waals surface area contributed by atoms with Crippen molar-refractivity contribution < 1.29 is 17.9 Å². The Labute approximate surface area is 119 Å². The number of nitrogen functional groups attached to an aromatic ring is 1. The third-order valence-corrected chi connectivity index (χ3v) is 5.21. The normalized spacial score (nSPS) is 20.2. The highest BCUT2D eigenvalue weighted by Crippen LogP contribution is 2.31. The first-order valence-electron chi connectivity index (χ1n) is 6.54. The maximum atomic E-state index is 12.7. The number of sulfonamides is 1. The Morgan fingerprint density at radius 2 is 2.20 bits per heavy atom. The van der Waals surface area contributed by atoms with E-state index in [1.165, 1.54) is 10.4 Å². The highest BCUT2D eigenvalue weighted by atomic mass is 32.2. The largest absolute Gasteiger partial charge is 0.492 e. The van der Waals surface area contributed by atoms with Gasteiger partial charge in [-0.2, -0.15) is 4.31 Å². The number of benzene rings is 1. The summed E-state index contributed by atoms with van der Waals surface area (Å²) in [7, 11) is -2.02. The topological polar surface area (TPSA) is 81.9 Å². The zero-order chi connectivity index (χ0) is 14.8. The summed E-state index contributed by atoms with van der Waals surface area (Å²) in [5, 5.41) is 0. The summed E-state index contributed by atoms with van der Waals surface area (Å²) in [6.45, 7) is 3.01. The van der Waals surface area contributed by atoms with E-state index in [-0.39, 0.29) is 11.0 Å². The first-order valence-corrected chi connectivity index (χ1v) is 7.98. The SMILES string of the molecule is CCOc1ccc(N)cc1S(=O)(=O)N1CCC(OC)C1. The van der Waals surface area contributed by atoms with Crippen LogP contribution in [0, 0.1) is 0 Å². The maximum absolute atomic E-state index is 12.7. The maximum Gasteiger partial charge on any atom is 0.246 e. The monoisotopic (exact) mass is 300 g/mol. The molecule has 1 unspecified atom stereocenters. The molecule has 0 aliphatic carbocycles. The van der Waals surface area contributed by atoms with E-state index in [1.54, 1.807) is 19.2 Å². The highest BCUT2D eigenvalue weighted by Gasteiger charge is 2.34. The zero-order valence-electron chi connectivity index (χ0n) is 11.7. The molecule has 1 atom stereocenters. The second-order valence-electron chi connectivity index (χ2n) is 4.65. The summed E-state index contributed by atoms with van der Waals surface area (Å²) in [6.07, 6.45) is 0.642. The molecule has 112 valence electrons. The molecule has 1 fully saturated rings. The Hall–Kier alpha value is -1.31. The van der Waals surface area contributed by atoms with Gasteiger partial charge in [-0.25, -0.2) is 8.42 Å². The number of rotatable bonds is 5. The molecule has 0 spiro atoms. The molecular weight excluding hydrogens is 280 g/mol. The van der Waals surface area contributed by atoms with Gasteiger partial charge in [-0.05, 0) is 31.5 Å². The smallest absolute Gasteiger partial charge is 0.246 e. The van der Waals surface area contributed by atoms with Crippen molar-refractivity contribution in [2.75, 3.05) is 32.5 Å². The minimum atomic E-state index is -3.61. The summed E-state index contributed by atoms with van der Waals surface area (Å²) in [4.78, 5) is 0.121. The minimum Gasteiger partial charge on any atom is -0.492 e. The molecule has 0 aromatic heterocycles. The van der Waals surface area contributed by atoms with Crippen LogP contribution < -0.4 is 10.5 Å². The molecule has 1 aromatic carbocycles. The van der Waals surface area contributed by atoms with Gasteiger partial charge in [0.1, 0.15) is 10.6 Å². The van der Waals surface area contributed by atoms with Crippen molar-refractivity contribution in [3.05, 3.63) is 18.2 Å². The third-order valence-electron chi connectivity index (χ3n) is 3.33. The molecule has 20 heavy (non-hydrogen) atoms. The van der Waals surface area contributed by atoms with Crippen LogP contribution in [0.5, 0.6) is 5.75 Å². The van der Waals surface area contributed by atoms with Crippen LogP contribution >= 0.6 is 0 Å². The standard InChI is InChI=1S/C13H20N2O4S/c1-3-19-12-5-4-10(14)8-13(12)20(16,17)15-7-6-11(9-15)18-2/h4-5,8,11H,3,6-7,9,14H2,1-2H3. The van der Waals surface area contributed by atoms with Crippen LogP contribution in [0.4, 0.5) is 5.69 Å². The number of anilines is 1. The van der Waals surface area contributed by atoms with E-state index < -0.39 is 10.0 Å². The number of hydrogen-bond acceptors (Lipinski definition) is 5. The van der Waals surface area contributed by atoms with Crippen LogP contribution in [0.15, 0.2) is 23.1 Å². The van der Waals surface area contributed by atoms with Gasteiger partial charge >= 0.3 is 0 Å². The van der Waals surface area contributed by atoms with Gasteiger partial charge in [0.25, 0.3) is 0 Å². The third kappa shape index (κ3) is 2.89. The van der Waals surface area contributed by atoms with Crippen molar-refractivity contribution in [3.63, 3.8) is 0 Å². The molecular formula is C13H20N2O4S. The Bertz CT molecular complexity index is 574. The van der Waals surface area contributed by atoms with Gasteiger partial charge in [0, 0.05) is 25.9 Å². The Balaban J connectivity index is 2.36. The number of hydrogen-bond donors (Lipinski definition) is 1. The molecule has 0 bridgehead atoms. The molecule has 0 saturated carbocycles. The fraction of sp³-hybridized carbons (Fsp3) is 0.538. The first kappa shape index (κ1) is 15.1. The van der Waals surface area contributed by atoms with E-state index in [4.69, 9.17) is 15.2 Å². The molecule has 1 saturated heterocycles. The zero-order valence-corrected chi connectivity index (χ0v) is 12.5. The molecule has 1 aliphatic heterocycles. The number of nitrogens with zero attached hydrogens (tertiary/aromatic N) is 1. The molecule has 6 nitrogen and oxygen atoms in total. The van der Waals surface area contributed by atoms with Crippen LogP contribution in [-0.4, -0.2) is 45.6 Å². The minimum absolute atomic E-state index is 0.0543. The average molecular weight is 300 g/mol. The van der Waals surface area contributed by atoms with Gasteiger partial charge in [-0.1, -0.05) is 0 Å². The lowest BCUT2D eigenvalue weighted by Crippen LogP contribution is -2.30. The second-order valence-corrected chi connectivity index (χ2v) is 6.55. The molecule has 7 heteroatoms. The van der Waals surface area contributed by atoms with Gasteiger partial charge in [-0.15, -0.1) is 0 Å².